The quantitative estimate of drug-likeness (QED) is 0.584. The molecule has 7 heteroatoms. The van der Waals surface area contributed by atoms with Crippen molar-refractivity contribution in [3.8, 4) is 0 Å². The minimum Gasteiger partial charge on any atom is -0.147 e. The SMILES string of the molecule is CC(C)(C)[NH][Zr]([CH3])(=[SiH2])([CH2]CO[Si](C)(C)C)[C]1=CC=CC1.Cl.Cl. The Morgan fingerprint density at radius 3 is 2.18 bits per heavy atom. The number of hydrogen-bond donors (Lipinski definition) is 1. The van der Waals surface area contributed by atoms with Crippen LogP contribution in [0, 0.1) is 0 Å². The summed E-state index contributed by atoms with van der Waals surface area (Å²) in [7, 11) is -1.41. The normalized spacial score (nSPS) is 15.9. The van der Waals surface area contributed by atoms with Crippen LogP contribution in [-0.4, -0.2) is 27.3 Å². The van der Waals surface area contributed by atoms with Gasteiger partial charge in [0.25, 0.3) is 0 Å². The van der Waals surface area contributed by atoms with Crippen molar-refractivity contribution >= 4 is 40.0 Å². The number of allylic oxidation sites excluding steroid dienone is 4. The molecule has 0 saturated heterocycles. The third kappa shape index (κ3) is 8.41. The number of rotatable bonds is 6. The molecule has 0 aromatic rings. The van der Waals surface area contributed by atoms with Gasteiger partial charge in [0.05, 0.1) is 0 Å². The number of halogens is 2. The van der Waals surface area contributed by atoms with Gasteiger partial charge >= 0.3 is 130 Å². The summed E-state index contributed by atoms with van der Waals surface area (Å²) in [5.41, 5.74) is 0.171. The summed E-state index contributed by atoms with van der Waals surface area (Å²) in [6.07, 6.45) is 8.03. The van der Waals surface area contributed by atoms with Crippen molar-refractivity contribution in [1.82, 2.24) is 3.26 Å². The third-order valence-electron chi connectivity index (χ3n) is 3.76. The molecule has 0 spiro atoms. The Balaban J connectivity index is 0. The largest absolute Gasteiger partial charge is 0.147 e. The minimum atomic E-state index is -3.07. The minimum absolute atomic E-state index is 0. The molecule has 132 valence electrons. The van der Waals surface area contributed by atoms with Gasteiger partial charge in [-0.25, -0.2) is 0 Å². The summed E-state index contributed by atoms with van der Waals surface area (Å²) in [4.78, 5) is 0. The monoisotopic (exact) mass is 461 g/mol. The van der Waals surface area contributed by atoms with Gasteiger partial charge in [-0.1, -0.05) is 0 Å². The molecule has 1 aliphatic carbocycles. The third-order valence-corrected chi connectivity index (χ3v) is 23.6. The molecule has 1 N–H and O–H groups in total. The molecule has 0 amide bonds. The molecule has 0 bridgehead atoms. The number of hydrogen-bond acceptors (Lipinski definition) is 2. The second-order valence-corrected chi connectivity index (χ2v) is 39.2. The van der Waals surface area contributed by atoms with E-state index in [9.17, 15) is 0 Å². The van der Waals surface area contributed by atoms with E-state index in [2.05, 4.69) is 73.4 Å². The molecule has 1 aliphatic rings. The van der Waals surface area contributed by atoms with Crippen molar-refractivity contribution in [1.29, 1.82) is 0 Å². The van der Waals surface area contributed by atoms with Gasteiger partial charge in [0, 0.05) is 0 Å². The first-order chi connectivity index (χ1) is 8.81. The van der Waals surface area contributed by atoms with Crippen LogP contribution in [0.4, 0.5) is 0 Å². The van der Waals surface area contributed by atoms with E-state index in [0.717, 1.165) is 13.0 Å². The van der Waals surface area contributed by atoms with Crippen molar-refractivity contribution in [2.45, 2.75) is 61.1 Å². The van der Waals surface area contributed by atoms with Crippen molar-refractivity contribution < 1.29 is 22.1 Å². The fourth-order valence-electron chi connectivity index (χ4n) is 3.02. The molecule has 0 atom stereocenters. The molecule has 22 heavy (non-hydrogen) atoms. The maximum atomic E-state index is 6.17. The Labute approximate surface area is 153 Å². The summed E-state index contributed by atoms with van der Waals surface area (Å²) in [5.74, 6) is 0. The molecule has 0 unspecified atom stereocenters. The van der Waals surface area contributed by atoms with Gasteiger partial charge < -0.3 is 0 Å². The Morgan fingerprint density at radius 1 is 1.27 bits per heavy atom. The molecule has 0 heterocycles. The van der Waals surface area contributed by atoms with Gasteiger partial charge in [0.2, 0.25) is 0 Å². The molecule has 0 fully saturated rings. The van der Waals surface area contributed by atoms with Gasteiger partial charge in [-0.2, -0.15) is 0 Å². The van der Waals surface area contributed by atoms with Crippen LogP contribution >= 0.6 is 24.8 Å². The first-order valence-corrected chi connectivity index (χ1v) is 23.7. The zero-order valence-corrected chi connectivity index (χ0v) is 21.8. The molecule has 0 aromatic heterocycles. The summed E-state index contributed by atoms with van der Waals surface area (Å²) in [6, 6.07) is 0. The molecular formula is C15H35Cl2NOSi2Zr. The van der Waals surface area contributed by atoms with Crippen LogP contribution in [0.5, 0.6) is 0 Å². The maximum Gasteiger partial charge on any atom is -0.147 e. The van der Waals surface area contributed by atoms with Gasteiger partial charge in [-0.3, -0.25) is 0 Å². The Morgan fingerprint density at radius 2 is 1.82 bits per heavy atom. The van der Waals surface area contributed by atoms with E-state index < -0.39 is 26.0 Å². The average molecular weight is 464 g/mol. The van der Waals surface area contributed by atoms with E-state index >= 15 is 0 Å². The van der Waals surface area contributed by atoms with Crippen LogP contribution < -0.4 is 3.26 Å². The van der Waals surface area contributed by atoms with E-state index in [1.807, 2.05) is 0 Å². The van der Waals surface area contributed by atoms with Crippen molar-refractivity contribution in [2.24, 2.45) is 0 Å². The van der Waals surface area contributed by atoms with E-state index in [4.69, 9.17) is 4.43 Å². The first kappa shape index (κ1) is 25.5. The van der Waals surface area contributed by atoms with Gasteiger partial charge in [-0.05, 0) is 0 Å². The van der Waals surface area contributed by atoms with Gasteiger partial charge in [0.15, 0.2) is 0 Å². The Bertz CT molecular complexity index is 493. The summed E-state index contributed by atoms with van der Waals surface area (Å²) >= 11 is -3.07. The van der Waals surface area contributed by atoms with Crippen LogP contribution in [0.2, 0.25) is 28.4 Å². The zero-order chi connectivity index (χ0) is 15.7. The van der Waals surface area contributed by atoms with Crippen LogP contribution in [-0.2, 0) is 22.1 Å². The van der Waals surface area contributed by atoms with E-state index in [0.29, 0.717) is 0 Å². The Kier molecular flexibility index (Phi) is 9.98. The van der Waals surface area contributed by atoms with Crippen LogP contribution in [0.3, 0.4) is 0 Å². The topological polar surface area (TPSA) is 21.3 Å². The van der Waals surface area contributed by atoms with Crippen LogP contribution in [0.15, 0.2) is 21.5 Å². The Hall–Kier alpha value is 1.30. The molecule has 2 nitrogen and oxygen atoms in total. The molecular weight excluding hydrogens is 428 g/mol. The molecule has 0 aliphatic heterocycles. The van der Waals surface area contributed by atoms with Crippen molar-refractivity contribution in [2.75, 3.05) is 6.61 Å². The molecule has 0 radical (unpaired) electrons. The van der Waals surface area contributed by atoms with Gasteiger partial charge in [0.1, 0.15) is 0 Å². The standard InChI is InChI=1S/C5H13OSi.C5H5.C4H10N.CH3.2ClH.H2Si.Zr/c1-5-6-7(2,3)4;1-2-4-5-3-1;1-4(2,3)5;;;;;/h1,5H2,2-4H3;1-3H,4H2;5H,1-3H3;1H3;2*1H;1H2;/q;;-1;;;;;+1. The number of nitrogens with one attached hydrogen (secondary N) is 1. The molecule has 0 aromatic carbocycles. The average Bonchev–Trinajstić information content (AvgIpc) is 2.63. The first-order valence-electron chi connectivity index (χ1n) is 7.67. The summed E-state index contributed by atoms with van der Waals surface area (Å²) in [6.45, 7) is 16.9. The second-order valence-electron chi connectivity index (χ2n) is 8.70. The van der Waals surface area contributed by atoms with E-state index in [-0.39, 0.29) is 30.4 Å². The van der Waals surface area contributed by atoms with Crippen molar-refractivity contribution in [3.63, 3.8) is 0 Å². The van der Waals surface area contributed by atoms with Crippen LogP contribution in [0.25, 0.3) is 0 Å². The molecule has 1 rings (SSSR count). The van der Waals surface area contributed by atoms with Crippen molar-refractivity contribution in [3.05, 3.63) is 21.5 Å². The maximum absolute atomic E-state index is 6.17. The van der Waals surface area contributed by atoms with Crippen LogP contribution in [0.1, 0.15) is 27.2 Å². The summed E-state index contributed by atoms with van der Waals surface area (Å²) < 4.78 is 15.7. The smallest absolute Gasteiger partial charge is 0.147 e. The molecule has 0 saturated carbocycles. The second kappa shape index (κ2) is 8.60. The summed E-state index contributed by atoms with van der Waals surface area (Å²) in [5, 5.41) is 0. The predicted octanol–water partition coefficient (Wildman–Crippen LogP) is 4.53. The fraction of sp³-hybridized carbons (Fsp3) is 0.733. The zero-order valence-electron chi connectivity index (χ0n) is 15.3. The fourth-order valence-corrected chi connectivity index (χ4v) is 21.4. The predicted molar refractivity (Wildman–Crippen MR) is 108 cm³/mol. The van der Waals surface area contributed by atoms with E-state index in [1.165, 1.54) is 4.13 Å². The van der Waals surface area contributed by atoms with E-state index in [1.54, 1.807) is 3.28 Å². The van der Waals surface area contributed by atoms with Gasteiger partial charge in [-0.15, -0.1) is 24.8 Å².